The Kier molecular flexibility index (Phi) is 6.37. The molecule has 0 unspecified atom stereocenters. The van der Waals surface area contributed by atoms with Crippen molar-refractivity contribution in [2.45, 2.75) is 26.9 Å². The van der Waals surface area contributed by atoms with Crippen molar-refractivity contribution in [2.24, 2.45) is 5.16 Å². The number of amides is 1. The molecule has 0 bridgehead atoms. The van der Waals surface area contributed by atoms with E-state index in [2.05, 4.69) is 10.5 Å². The van der Waals surface area contributed by atoms with Gasteiger partial charge in [0.15, 0.2) is 6.61 Å². The zero-order valence-corrected chi connectivity index (χ0v) is 14.2. The highest BCUT2D eigenvalue weighted by molar-refractivity contribution is 5.91. The summed E-state index contributed by atoms with van der Waals surface area (Å²) in [5, 5.41) is 6.60. The number of oxime groups is 1. The molecule has 0 fully saturated rings. The SMILES string of the molecule is Cc1cccc(NC(=O)CO/N=C/c2ccccc2OC(C)C)c1. The van der Waals surface area contributed by atoms with Crippen molar-refractivity contribution in [3.63, 3.8) is 0 Å². The number of benzene rings is 2. The molecule has 2 aromatic carbocycles. The van der Waals surface area contributed by atoms with E-state index in [0.29, 0.717) is 0 Å². The van der Waals surface area contributed by atoms with Gasteiger partial charge in [0.2, 0.25) is 0 Å². The molecule has 0 saturated carbocycles. The summed E-state index contributed by atoms with van der Waals surface area (Å²) in [5.41, 5.74) is 2.61. The lowest BCUT2D eigenvalue weighted by Gasteiger charge is -2.11. The Labute approximate surface area is 142 Å². The summed E-state index contributed by atoms with van der Waals surface area (Å²) < 4.78 is 5.69. The van der Waals surface area contributed by atoms with Crippen LogP contribution >= 0.6 is 0 Å². The lowest BCUT2D eigenvalue weighted by atomic mass is 10.2. The van der Waals surface area contributed by atoms with Crippen molar-refractivity contribution >= 4 is 17.8 Å². The lowest BCUT2D eigenvalue weighted by molar-refractivity contribution is -0.120. The van der Waals surface area contributed by atoms with Gasteiger partial charge in [-0.25, -0.2) is 0 Å². The molecule has 0 atom stereocenters. The van der Waals surface area contributed by atoms with Crippen LogP contribution in [0.2, 0.25) is 0 Å². The molecule has 0 aliphatic rings. The molecule has 0 heterocycles. The van der Waals surface area contributed by atoms with E-state index in [1.807, 2.05) is 69.3 Å². The van der Waals surface area contributed by atoms with Gasteiger partial charge in [0.05, 0.1) is 12.3 Å². The number of hydrogen-bond acceptors (Lipinski definition) is 4. The van der Waals surface area contributed by atoms with Gasteiger partial charge in [-0.05, 0) is 50.6 Å². The Bertz CT molecular complexity index is 711. The minimum Gasteiger partial charge on any atom is -0.490 e. The zero-order valence-electron chi connectivity index (χ0n) is 14.2. The summed E-state index contributed by atoms with van der Waals surface area (Å²) in [7, 11) is 0. The van der Waals surface area contributed by atoms with E-state index >= 15 is 0 Å². The van der Waals surface area contributed by atoms with E-state index in [0.717, 1.165) is 22.6 Å². The molecule has 24 heavy (non-hydrogen) atoms. The fourth-order valence-corrected chi connectivity index (χ4v) is 2.06. The maximum atomic E-state index is 11.8. The van der Waals surface area contributed by atoms with Gasteiger partial charge in [0.1, 0.15) is 5.75 Å². The van der Waals surface area contributed by atoms with E-state index in [1.54, 1.807) is 0 Å². The number of nitrogens with zero attached hydrogens (tertiary/aromatic N) is 1. The minimum absolute atomic E-state index is 0.0700. The number of nitrogens with one attached hydrogen (secondary N) is 1. The van der Waals surface area contributed by atoms with E-state index in [9.17, 15) is 4.79 Å². The molecule has 5 nitrogen and oxygen atoms in total. The van der Waals surface area contributed by atoms with E-state index in [-0.39, 0.29) is 18.6 Å². The second-order valence-corrected chi connectivity index (χ2v) is 5.63. The van der Waals surface area contributed by atoms with Crippen molar-refractivity contribution in [3.8, 4) is 5.75 Å². The first kappa shape index (κ1) is 17.5. The predicted molar refractivity (Wildman–Crippen MR) is 95.6 cm³/mol. The maximum absolute atomic E-state index is 11.8. The number of para-hydroxylation sites is 1. The molecule has 1 amide bonds. The number of carbonyl (C=O) groups is 1. The van der Waals surface area contributed by atoms with Crippen LogP contribution in [-0.4, -0.2) is 24.8 Å². The smallest absolute Gasteiger partial charge is 0.265 e. The van der Waals surface area contributed by atoms with Gasteiger partial charge >= 0.3 is 0 Å². The summed E-state index contributed by atoms with van der Waals surface area (Å²) in [4.78, 5) is 16.9. The monoisotopic (exact) mass is 326 g/mol. The van der Waals surface area contributed by atoms with Crippen LogP contribution in [0.15, 0.2) is 53.7 Å². The molecule has 0 aliphatic carbocycles. The molecule has 0 radical (unpaired) electrons. The highest BCUT2D eigenvalue weighted by Crippen LogP contribution is 2.17. The maximum Gasteiger partial charge on any atom is 0.265 e. The lowest BCUT2D eigenvalue weighted by Crippen LogP contribution is -2.17. The van der Waals surface area contributed by atoms with E-state index < -0.39 is 0 Å². The number of carbonyl (C=O) groups excluding carboxylic acids is 1. The summed E-state index contributed by atoms with van der Waals surface area (Å²) in [5.74, 6) is 0.466. The van der Waals surface area contributed by atoms with Crippen LogP contribution in [0.1, 0.15) is 25.0 Å². The van der Waals surface area contributed by atoms with Gasteiger partial charge in [0, 0.05) is 11.3 Å². The van der Waals surface area contributed by atoms with Crippen molar-refractivity contribution in [1.82, 2.24) is 0 Å². The third kappa shape index (κ3) is 5.76. The first-order chi connectivity index (χ1) is 11.5. The Morgan fingerprint density at radius 2 is 2.00 bits per heavy atom. The summed E-state index contributed by atoms with van der Waals surface area (Å²) in [6.45, 7) is 5.73. The van der Waals surface area contributed by atoms with Crippen LogP contribution in [0.3, 0.4) is 0 Å². The number of ether oxygens (including phenoxy) is 1. The largest absolute Gasteiger partial charge is 0.490 e. The first-order valence-electron chi connectivity index (χ1n) is 7.82. The van der Waals surface area contributed by atoms with Crippen LogP contribution in [0.25, 0.3) is 0 Å². The molecule has 0 aromatic heterocycles. The summed E-state index contributed by atoms with van der Waals surface area (Å²) in [6, 6.07) is 15.1. The molecule has 0 saturated heterocycles. The highest BCUT2D eigenvalue weighted by atomic mass is 16.6. The van der Waals surface area contributed by atoms with Crippen LogP contribution in [0.5, 0.6) is 5.75 Å². The van der Waals surface area contributed by atoms with Crippen molar-refractivity contribution in [1.29, 1.82) is 0 Å². The standard InChI is InChI=1S/C19H22N2O3/c1-14(2)24-18-10-5-4-8-16(18)12-20-23-13-19(22)21-17-9-6-7-15(3)11-17/h4-12,14H,13H2,1-3H3,(H,21,22)/b20-12+. The Hall–Kier alpha value is -2.82. The van der Waals surface area contributed by atoms with E-state index in [1.165, 1.54) is 6.21 Å². The molecule has 0 spiro atoms. The quantitative estimate of drug-likeness (QED) is 0.622. The molecule has 1 N–H and O–H groups in total. The van der Waals surface area contributed by atoms with Crippen molar-refractivity contribution in [2.75, 3.05) is 11.9 Å². The average Bonchev–Trinajstić information content (AvgIpc) is 2.52. The number of hydrogen-bond donors (Lipinski definition) is 1. The van der Waals surface area contributed by atoms with Crippen LogP contribution < -0.4 is 10.1 Å². The fraction of sp³-hybridized carbons (Fsp3) is 0.263. The summed E-state index contributed by atoms with van der Waals surface area (Å²) >= 11 is 0. The number of rotatable bonds is 7. The van der Waals surface area contributed by atoms with Crippen LogP contribution in [0, 0.1) is 6.92 Å². The molecule has 5 heteroatoms. The van der Waals surface area contributed by atoms with Gasteiger partial charge in [-0.1, -0.05) is 29.4 Å². The topological polar surface area (TPSA) is 59.9 Å². The van der Waals surface area contributed by atoms with Gasteiger partial charge in [0.25, 0.3) is 5.91 Å². The highest BCUT2D eigenvalue weighted by Gasteiger charge is 2.04. The third-order valence-electron chi connectivity index (χ3n) is 3.05. The molecule has 126 valence electrons. The molecular weight excluding hydrogens is 304 g/mol. The molecule has 2 aromatic rings. The Morgan fingerprint density at radius 1 is 1.21 bits per heavy atom. The van der Waals surface area contributed by atoms with Crippen LogP contribution in [-0.2, 0) is 9.63 Å². The molecule has 2 rings (SSSR count). The number of anilines is 1. The Balaban J connectivity index is 1.85. The number of aryl methyl sites for hydroxylation is 1. The molecular formula is C19H22N2O3. The van der Waals surface area contributed by atoms with Gasteiger partial charge in [-0.2, -0.15) is 0 Å². The fourth-order valence-electron chi connectivity index (χ4n) is 2.06. The third-order valence-corrected chi connectivity index (χ3v) is 3.05. The van der Waals surface area contributed by atoms with Crippen LogP contribution in [0.4, 0.5) is 5.69 Å². The van der Waals surface area contributed by atoms with Crippen molar-refractivity contribution < 1.29 is 14.4 Å². The van der Waals surface area contributed by atoms with Gasteiger partial charge < -0.3 is 14.9 Å². The average molecular weight is 326 g/mol. The first-order valence-corrected chi connectivity index (χ1v) is 7.82. The summed E-state index contributed by atoms with van der Waals surface area (Å²) in [6.07, 6.45) is 1.61. The Morgan fingerprint density at radius 3 is 2.75 bits per heavy atom. The minimum atomic E-state index is -0.260. The normalized spacial score (nSPS) is 10.8. The second kappa shape index (κ2) is 8.72. The van der Waals surface area contributed by atoms with Gasteiger partial charge in [-0.3, -0.25) is 4.79 Å². The second-order valence-electron chi connectivity index (χ2n) is 5.63. The molecule has 0 aliphatic heterocycles. The van der Waals surface area contributed by atoms with Gasteiger partial charge in [-0.15, -0.1) is 0 Å². The van der Waals surface area contributed by atoms with E-state index in [4.69, 9.17) is 9.57 Å². The predicted octanol–water partition coefficient (Wildman–Crippen LogP) is 3.77. The zero-order chi connectivity index (χ0) is 17.4. The van der Waals surface area contributed by atoms with Crippen molar-refractivity contribution in [3.05, 3.63) is 59.7 Å².